The van der Waals surface area contributed by atoms with Gasteiger partial charge in [0.2, 0.25) is 10.0 Å². The zero-order valence-corrected chi connectivity index (χ0v) is 13.3. The summed E-state index contributed by atoms with van der Waals surface area (Å²) in [4.78, 5) is 11.1. The summed E-state index contributed by atoms with van der Waals surface area (Å²) in [6, 6.07) is 4.05. The number of hydrogen-bond acceptors (Lipinski definition) is 3. The lowest BCUT2D eigenvalue weighted by Crippen LogP contribution is -2.41. The molecule has 0 amide bonds. The van der Waals surface area contributed by atoms with Crippen molar-refractivity contribution < 1.29 is 18.3 Å². The molecule has 1 aliphatic carbocycles. The number of carbonyl (C=O) groups is 1. The number of carboxylic acid groups (broad SMARTS) is 1. The van der Waals surface area contributed by atoms with Crippen LogP contribution in [0.5, 0.6) is 0 Å². The SMILES string of the molecule is Cc1ccc(C(=O)O)cc1S(=O)(=O)NC1CCCC1(C)C. The van der Waals surface area contributed by atoms with Crippen LogP contribution in [-0.4, -0.2) is 25.5 Å². The third-order valence-corrected chi connectivity index (χ3v) is 5.89. The van der Waals surface area contributed by atoms with E-state index in [9.17, 15) is 13.2 Å². The summed E-state index contributed by atoms with van der Waals surface area (Å²) in [5.74, 6) is -1.13. The maximum atomic E-state index is 12.6. The van der Waals surface area contributed by atoms with Crippen molar-refractivity contribution in [3.8, 4) is 0 Å². The van der Waals surface area contributed by atoms with E-state index in [1.54, 1.807) is 6.92 Å². The average Bonchev–Trinajstić information content (AvgIpc) is 2.68. The van der Waals surface area contributed by atoms with Gasteiger partial charge in [0.25, 0.3) is 0 Å². The van der Waals surface area contributed by atoms with Gasteiger partial charge in [-0.15, -0.1) is 0 Å². The van der Waals surface area contributed by atoms with E-state index >= 15 is 0 Å². The molecule has 2 N–H and O–H groups in total. The fourth-order valence-corrected chi connectivity index (χ4v) is 4.53. The first-order chi connectivity index (χ1) is 9.63. The molecule has 0 saturated heterocycles. The first-order valence-electron chi connectivity index (χ1n) is 7.00. The lowest BCUT2D eigenvalue weighted by molar-refractivity contribution is 0.0696. The largest absolute Gasteiger partial charge is 0.478 e. The highest BCUT2D eigenvalue weighted by Gasteiger charge is 2.37. The Kier molecular flexibility index (Phi) is 4.13. The first kappa shape index (κ1) is 16.0. The summed E-state index contributed by atoms with van der Waals surface area (Å²) >= 11 is 0. The molecule has 6 heteroatoms. The van der Waals surface area contributed by atoms with Crippen molar-refractivity contribution in [2.45, 2.75) is 51.0 Å². The van der Waals surface area contributed by atoms with Crippen LogP contribution in [-0.2, 0) is 10.0 Å². The van der Waals surface area contributed by atoms with Gasteiger partial charge in [0, 0.05) is 6.04 Å². The first-order valence-corrected chi connectivity index (χ1v) is 8.48. The van der Waals surface area contributed by atoms with E-state index < -0.39 is 16.0 Å². The smallest absolute Gasteiger partial charge is 0.335 e. The number of benzene rings is 1. The standard InChI is InChI=1S/C15H21NO4S/c1-10-6-7-11(14(17)18)9-12(10)21(19,20)16-13-5-4-8-15(13,2)3/h6-7,9,13,16H,4-5,8H2,1-3H3,(H,17,18). The highest BCUT2D eigenvalue weighted by Crippen LogP contribution is 2.38. The van der Waals surface area contributed by atoms with E-state index in [1.807, 2.05) is 13.8 Å². The van der Waals surface area contributed by atoms with E-state index in [0.717, 1.165) is 19.3 Å². The van der Waals surface area contributed by atoms with Gasteiger partial charge in [-0.3, -0.25) is 0 Å². The Hall–Kier alpha value is -1.40. The number of sulfonamides is 1. The molecular formula is C15H21NO4S. The fraction of sp³-hybridized carbons (Fsp3) is 0.533. The zero-order valence-electron chi connectivity index (χ0n) is 12.5. The Balaban J connectivity index is 2.36. The van der Waals surface area contributed by atoms with Gasteiger partial charge in [0.15, 0.2) is 0 Å². The Labute approximate surface area is 125 Å². The lowest BCUT2D eigenvalue weighted by atomic mass is 9.88. The number of hydrogen-bond donors (Lipinski definition) is 2. The van der Waals surface area contributed by atoms with Crippen LogP contribution in [0.25, 0.3) is 0 Å². The number of nitrogens with one attached hydrogen (secondary N) is 1. The predicted octanol–water partition coefficient (Wildman–Crippen LogP) is 2.55. The second kappa shape index (κ2) is 5.42. The second-order valence-corrected chi connectivity index (χ2v) is 8.02. The van der Waals surface area contributed by atoms with Crippen LogP contribution in [0.1, 0.15) is 49.0 Å². The second-order valence-electron chi connectivity index (χ2n) is 6.34. The van der Waals surface area contributed by atoms with E-state index in [2.05, 4.69) is 4.72 Å². The van der Waals surface area contributed by atoms with Crippen molar-refractivity contribution in [2.24, 2.45) is 5.41 Å². The van der Waals surface area contributed by atoms with Crippen LogP contribution < -0.4 is 4.72 Å². The molecule has 1 atom stereocenters. The van der Waals surface area contributed by atoms with Crippen LogP contribution in [0.15, 0.2) is 23.1 Å². The Morgan fingerprint density at radius 1 is 1.38 bits per heavy atom. The molecule has 2 rings (SSSR count). The van der Waals surface area contributed by atoms with Crippen LogP contribution in [0, 0.1) is 12.3 Å². The van der Waals surface area contributed by atoms with Crippen molar-refractivity contribution in [1.82, 2.24) is 4.72 Å². The molecule has 0 aromatic heterocycles. The molecule has 1 aromatic carbocycles. The van der Waals surface area contributed by atoms with Gasteiger partial charge < -0.3 is 5.11 Å². The molecule has 1 unspecified atom stereocenters. The van der Waals surface area contributed by atoms with Crippen LogP contribution >= 0.6 is 0 Å². The van der Waals surface area contributed by atoms with Crippen molar-refractivity contribution in [3.63, 3.8) is 0 Å². The molecule has 5 nitrogen and oxygen atoms in total. The number of aromatic carboxylic acids is 1. The van der Waals surface area contributed by atoms with Crippen molar-refractivity contribution in [2.75, 3.05) is 0 Å². The summed E-state index contributed by atoms with van der Waals surface area (Å²) in [7, 11) is -3.71. The third-order valence-electron chi connectivity index (χ3n) is 4.28. The summed E-state index contributed by atoms with van der Waals surface area (Å²) in [6.45, 7) is 5.77. The Bertz CT molecular complexity index is 664. The van der Waals surface area contributed by atoms with E-state index in [1.165, 1.54) is 18.2 Å². The van der Waals surface area contributed by atoms with Crippen molar-refractivity contribution in [3.05, 3.63) is 29.3 Å². The number of carboxylic acids is 1. The molecule has 116 valence electrons. The molecule has 0 heterocycles. The lowest BCUT2D eigenvalue weighted by Gasteiger charge is -2.27. The molecule has 1 saturated carbocycles. The molecule has 21 heavy (non-hydrogen) atoms. The quantitative estimate of drug-likeness (QED) is 0.895. The normalized spacial score (nSPS) is 21.4. The van der Waals surface area contributed by atoms with Crippen molar-refractivity contribution in [1.29, 1.82) is 0 Å². The number of rotatable bonds is 4. The van der Waals surface area contributed by atoms with Gasteiger partial charge in [0.1, 0.15) is 0 Å². The van der Waals surface area contributed by atoms with E-state index in [0.29, 0.717) is 5.56 Å². The maximum absolute atomic E-state index is 12.6. The molecule has 0 spiro atoms. The minimum Gasteiger partial charge on any atom is -0.478 e. The summed E-state index contributed by atoms with van der Waals surface area (Å²) in [5, 5.41) is 9.02. The topological polar surface area (TPSA) is 83.5 Å². The maximum Gasteiger partial charge on any atom is 0.335 e. The van der Waals surface area contributed by atoms with Crippen LogP contribution in [0.4, 0.5) is 0 Å². The Morgan fingerprint density at radius 2 is 2.05 bits per heavy atom. The van der Waals surface area contributed by atoms with Crippen LogP contribution in [0.3, 0.4) is 0 Å². The van der Waals surface area contributed by atoms with Crippen LogP contribution in [0.2, 0.25) is 0 Å². The van der Waals surface area contributed by atoms with Crippen molar-refractivity contribution >= 4 is 16.0 Å². The highest BCUT2D eigenvalue weighted by atomic mass is 32.2. The van der Waals surface area contributed by atoms with Gasteiger partial charge >= 0.3 is 5.97 Å². The summed E-state index contributed by atoms with van der Waals surface area (Å²) < 4.78 is 27.9. The minimum atomic E-state index is -3.71. The molecule has 0 bridgehead atoms. The third kappa shape index (κ3) is 3.27. The monoisotopic (exact) mass is 311 g/mol. The number of aryl methyl sites for hydroxylation is 1. The molecule has 1 aromatic rings. The molecule has 0 radical (unpaired) electrons. The molecule has 1 aliphatic rings. The molecule has 0 aliphatic heterocycles. The fourth-order valence-electron chi connectivity index (χ4n) is 2.82. The minimum absolute atomic E-state index is 0.0216. The average molecular weight is 311 g/mol. The van der Waals surface area contributed by atoms with Gasteiger partial charge in [-0.25, -0.2) is 17.9 Å². The predicted molar refractivity (Wildman–Crippen MR) is 79.9 cm³/mol. The summed E-state index contributed by atoms with van der Waals surface area (Å²) in [5.41, 5.74) is 0.445. The van der Waals surface area contributed by atoms with Gasteiger partial charge in [-0.05, 0) is 42.9 Å². The Morgan fingerprint density at radius 3 is 2.57 bits per heavy atom. The molecular weight excluding hydrogens is 290 g/mol. The van der Waals surface area contributed by atoms with Gasteiger partial charge in [-0.2, -0.15) is 0 Å². The van der Waals surface area contributed by atoms with E-state index in [-0.39, 0.29) is 21.9 Å². The van der Waals surface area contributed by atoms with Gasteiger partial charge in [-0.1, -0.05) is 26.3 Å². The van der Waals surface area contributed by atoms with E-state index in [4.69, 9.17) is 5.11 Å². The highest BCUT2D eigenvalue weighted by molar-refractivity contribution is 7.89. The summed E-state index contributed by atoms with van der Waals surface area (Å²) in [6.07, 6.45) is 2.78. The molecule has 1 fully saturated rings. The van der Waals surface area contributed by atoms with Gasteiger partial charge in [0.05, 0.1) is 10.5 Å². The zero-order chi connectivity index (χ0) is 15.8.